The third-order valence-corrected chi connectivity index (χ3v) is 4.64. The molecule has 4 aromatic rings. The number of carbonyl (C=O) groups is 1. The highest BCUT2D eigenvalue weighted by atomic mass is 16.5. The molecule has 0 radical (unpaired) electrons. The van der Waals surface area contributed by atoms with E-state index in [1.165, 1.54) is 30.3 Å². The molecule has 0 bridgehead atoms. The number of carbonyl (C=O) groups excluding carboxylic acids is 1. The molecule has 0 aliphatic carbocycles. The third kappa shape index (κ3) is 4.67. The zero-order valence-electron chi connectivity index (χ0n) is 16.4. The number of rotatable bonds is 6. The van der Waals surface area contributed by atoms with Gasteiger partial charge >= 0.3 is 0 Å². The second-order valence-corrected chi connectivity index (χ2v) is 6.89. The van der Waals surface area contributed by atoms with Gasteiger partial charge in [-0.1, -0.05) is 42.5 Å². The van der Waals surface area contributed by atoms with Crippen LogP contribution in [0.2, 0.25) is 0 Å². The van der Waals surface area contributed by atoms with E-state index in [1.54, 1.807) is 12.1 Å². The largest absolute Gasteiger partial charge is 0.508 e. The first-order chi connectivity index (χ1) is 15.0. The molecule has 3 N–H and O–H groups in total. The number of benzene rings is 3. The molecule has 0 spiro atoms. The minimum absolute atomic E-state index is 0.0452. The standard InChI is InChI=1S/C24H19NO6/c26-17-8-6-15(7-9-17)13-25-23(29)14-30-18-10-19(27)24-20(28)12-21(31-22(24)11-18)16-4-2-1-3-5-16/h1-12,26-27H,13-14H2,(H,25,29). The molecule has 0 fully saturated rings. The molecule has 1 heterocycles. The van der Waals surface area contributed by atoms with Gasteiger partial charge in [-0.15, -0.1) is 0 Å². The third-order valence-electron chi connectivity index (χ3n) is 4.64. The molecule has 1 amide bonds. The zero-order valence-corrected chi connectivity index (χ0v) is 16.4. The second-order valence-electron chi connectivity index (χ2n) is 6.89. The first-order valence-electron chi connectivity index (χ1n) is 9.53. The van der Waals surface area contributed by atoms with Crippen LogP contribution in [-0.4, -0.2) is 22.7 Å². The summed E-state index contributed by atoms with van der Waals surface area (Å²) in [5, 5.41) is 22.3. The summed E-state index contributed by atoms with van der Waals surface area (Å²) >= 11 is 0. The summed E-state index contributed by atoms with van der Waals surface area (Å²) in [7, 11) is 0. The molecule has 7 nitrogen and oxygen atoms in total. The van der Waals surface area contributed by atoms with E-state index < -0.39 is 0 Å². The number of ether oxygens (including phenoxy) is 1. The van der Waals surface area contributed by atoms with Crippen molar-refractivity contribution in [2.75, 3.05) is 6.61 Å². The van der Waals surface area contributed by atoms with Crippen LogP contribution >= 0.6 is 0 Å². The van der Waals surface area contributed by atoms with E-state index in [2.05, 4.69) is 5.32 Å². The summed E-state index contributed by atoms with van der Waals surface area (Å²) < 4.78 is 11.3. The van der Waals surface area contributed by atoms with Crippen molar-refractivity contribution in [3.63, 3.8) is 0 Å². The van der Waals surface area contributed by atoms with Crippen molar-refractivity contribution >= 4 is 16.9 Å². The Morgan fingerprint density at radius 1 is 0.968 bits per heavy atom. The summed E-state index contributed by atoms with van der Waals surface area (Å²) in [6.45, 7) is -0.00755. The Hall–Kier alpha value is -4.26. The van der Waals surface area contributed by atoms with Gasteiger partial charge in [-0.25, -0.2) is 0 Å². The van der Waals surface area contributed by atoms with E-state index in [4.69, 9.17) is 9.15 Å². The highest BCUT2D eigenvalue weighted by molar-refractivity contribution is 5.86. The Morgan fingerprint density at radius 2 is 1.71 bits per heavy atom. The Bertz CT molecular complexity index is 1280. The lowest BCUT2D eigenvalue weighted by molar-refractivity contribution is -0.123. The fourth-order valence-corrected chi connectivity index (χ4v) is 3.09. The predicted octanol–water partition coefficient (Wildman–Crippen LogP) is 3.57. The molecule has 31 heavy (non-hydrogen) atoms. The second kappa shape index (κ2) is 8.62. The molecule has 3 aromatic carbocycles. The number of hydrogen-bond acceptors (Lipinski definition) is 6. The van der Waals surface area contributed by atoms with Crippen LogP contribution in [0.15, 0.2) is 82.0 Å². The summed E-state index contributed by atoms with van der Waals surface area (Å²) in [5.74, 6) is 0.0496. The van der Waals surface area contributed by atoms with Gasteiger partial charge in [0, 0.05) is 30.3 Å². The predicted molar refractivity (Wildman–Crippen MR) is 115 cm³/mol. The van der Waals surface area contributed by atoms with E-state index >= 15 is 0 Å². The molecule has 4 rings (SSSR count). The summed E-state index contributed by atoms with van der Waals surface area (Å²) in [5.41, 5.74) is 1.33. The van der Waals surface area contributed by atoms with Crippen LogP contribution in [0.25, 0.3) is 22.3 Å². The molecule has 0 unspecified atom stereocenters. The van der Waals surface area contributed by atoms with Crippen molar-refractivity contribution in [1.29, 1.82) is 0 Å². The van der Waals surface area contributed by atoms with E-state index in [9.17, 15) is 19.8 Å². The maximum atomic E-state index is 12.5. The smallest absolute Gasteiger partial charge is 0.258 e. The van der Waals surface area contributed by atoms with Crippen LogP contribution in [0.4, 0.5) is 0 Å². The van der Waals surface area contributed by atoms with Crippen LogP contribution in [0.3, 0.4) is 0 Å². The lowest BCUT2D eigenvalue weighted by atomic mass is 10.1. The number of phenolic OH excluding ortho intramolecular Hbond substituents is 2. The Kier molecular flexibility index (Phi) is 5.57. The Balaban J connectivity index is 1.49. The van der Waals surface area contributed by atoms with Gasteiger partial charge in [0.25, 0.3) is 5.91 Å². The lowest BCUT2D eigenvalue weighted by Crippen LogP contribution is -2.28. The van der Waals surface area contributed by atoms with Gasteiger partial charge in [0.1, 0.15) is 34.0 Å². The lowest BCUT2D eigenvalue weighted by Gasteiger charge is -2.10. The highest BCUT2D eigenvalue weighted by Gasteiger charge is 2.13. The Morgan fingerprint density at radius 3 is 2.45 bits per heavy atom. The maximum absolute atomic E-state index is 12.5. The number of amides is 1. The van der Waals surface area contributed by atoms with Crippen molar-refractivity contribution in [1.82, 2.24) is 5.32 Å². The number of phenols is 2. The minimum atomic E-state index is -0.379. The van der Waals surface area contributed by atoms with Crippen molar-refractivity contribution in [2.45, 2.75) is 6.54 Å². The first-order valence-corrected chi connectivity index (χ1v) is 9.53. The molecule has 0 atom stereocenters. The highest BCUT2D eigenvalue weighted by Crippen LogP contribution is 2.31. The molecular formula is C24H19NO6. The van der Waals surface area contributed by atoms with Gasteiger partial charge in [-0.2, -0.15) is 0 Å². The number of fused-ring (bicyclic) bond motifs is 1. The molecule has 0 aliphatic heterocycles. The van der Waals surface area contributed by atoms with Gasteiger partial charge in [-0.05, 0) is 17.7 Å². The topological polar surface area (TPSA) is 109 Å². The van der Waals surface area contributed by atoms with E-state index in [0.717, 1.165) is 11.1 Å². The summed E-state index contributed by atoms with van der Waals surface area (Å²) in [4.78, 5) is 24.5. The summed E-state index contributed by atoms with van der Waals surface area (Å²) in [6, 6.07) is 19.7. The number of nitrogens with one attached hydrogen (secondary N) is 1. The molecule has 1 aromatic heterocycles. The maximum Gasteiger partial charge on any atom is 0.258 e. The van der Waals surface area contributed by atoms with E-state index in [1.807, 2.05) is 30.3 Å². The van der Waals surface area contributed by atoms with Crippen molar-refractivity contribution < 1.29 is 24.2 Å². The number of hydrogen-bond donors (Lipinski definition) is 3. The van der Waals surface area contributed by atoms with Crippen molar-refractivity contribution in [3.8, 4) is 28.6 Å². The summed E-state index contributed by atoms with van der Waals surface area (Å²) in [6.07, 6.45) is 0. The van der Waals surface area contributed by atoms with Gasteiger partial charge in [0.05, 0.1) is 0 Å². The minimum Gasteiger partial charge on any atom is -0.508 e. The van der Waals surface area contributed by atoms with Gasteiger partial charge in [0.2, 0.25) is 0 Å². The normalized spacial score (nSPS) is 10.7. The fraction of sp³-hybridized carbons (Fsp3) is 0.0833. The Labute approximate surface area is 177 Å². The van der Waals surface area contributed by atoms with Crippen LogP contribution in [-0.2, 0) is 11.3 Å². The number of aromatic hydroxyl groups is 2. The fourth-order valence-electron chi connectivity index (χ4n) is 3.09. The average Bonchev–Trinajstić information content (AvgIpc) is 2.77. The van der Waals surface area contributed by atoms with Gasteiger partial charge < -0.3 is 24.7 Å². The molecular weight excluding hydrogens is 398 g/mol. The van der Waals surface area contributed by atoms with Crippen LogP contribution < -0.4 is 15.5 Å². The van der Waals surface area contributed by atoms with E-state index in [0.29, 0.717) is 5.76 Å². The monoisotopic (exact) mass is 417 g/mol. The van der Waals surface area contributed by atoms with E-state index in [-0.39, 0.29) is 52.7 Å². The average molecular weight is 417 g/mol. The molecule has 156 valence electrons. The van der Waals surface area contributed by atoms with Crippen LogP contribution in [0.1, 0.15) is 5.56 Å². The molecule has 0 saturated carbocycles. The molecule has 0 saturated heterocycles. The van der Waals surface area contributed by atoms with Crippen LogP contribution in [0.5, 0.6) is 17.2 Å². The van der Waals surface area contributed by atoms with Gasteiger partial charge in [0.15, 0.2) is 12.0 Å². The first kappa shape index (κ1) is 20.0. The quantitative estimate of drug-likeness (QED) is 0.443. The zero-order chi connectivity index (χ0) is 21.8. The SMILES string of the molecule is O=C(COc1cc(O)c2c(=O)cc(-c3ccccc3)oc2c1)NCc1ccc(O)cc1. The molecule has 7 heteroatoms. The van der Waals surface area contributed by atoms with Crippen LogP contribution in [0, 0.1) is 0 Å². The van der Waals surface area contributed by atoms with Crippen molar-refractivity contribution in [2.24, 2.45) is 0 Å². The van der Waals surface area contributed by atoms with Crippen molar-refractivity contribution in [3.05, 3.63) is 88.6 Å². The van der Waals surface area contributed by atoms with Gasteiger partial charge in [-0.3, -0.25) is 9.59 Å². The molecule has 0 aliphatic rings.